The van der Waals surface area contributed by atoms with Gasteiger partial charge in [0.15, 0.2) is 0 Å². The molecule has 2 aliphatic heterocycles. The molecule has 0 aliphatic carbocycles. The van der Waals surface area contributed by atoms with Gasteiger partial charge in [-0.25, -0.2) is 9.78 Å². The fourth-order valence-electron chi connectivity index (χ4n) is 5.49. The maximum Gasteiger partial charge on any atom is 0.416 e. The third kappa shape index (κ3) is 9.03. The van der Waals surface area contributed by atoms with Crippen molar-refractivity contribution in [3.63, 3.8) is 0 Å². The van der Waals surface area contributed by atoms with Crippen LogP contribution in [-0.4, -0.2) is 70.6 Å². The van der Waals surface area contributed by atoms with Gasteiger partial charge >= 0.3 is 12.1 Å². The summed E-state index contributed by atoms with van der Waals surface area (Å²) in [5, 5.41) is 11.7. The van der Waals surface area contributed by atoms with Crippen LogP contribution in [0.3, 0.4) is 0 Å². The number of piperidine rings is 2. The first kappa shape index (κ1) is 31.0. The van der Waals surface area contributed by atoms with Crippen LogP contribution in [0.5, 0.6) is 11.6 Å². The van der Waals surface area contributed by atoms with E-state index in [2.05, 4.69) is 22.1 Å². The summed E-state index contributed by atoms with van der Waals surface area (Å²) in [5.41, 5.74) is 3.00. The number of aliphatic carboxylic acids is 1. The van der Waals surface area contributed by atoms with Crippen molar-refractivity contribution < 1.29 is 29.0 Å². The van der Waals surface area contributed by atoms with E-state index in [4.69, 9.17) is 14.6 Å². The van der Waals surface area contributed by atoms with Crippen LogP contribution in [0.1, 0.15) is 54.1 Å². The average molecular weight is 601 g/mol. The van der Waals surface area contributed by atoms with Crippen LogP contribution in [0.2, 0.25) is 0 Å². The van der Waals surface area contributed by atoms with Crippen LogP contribution in [0.4, 0.5) is 10.5 Å². The topological polar surface area (TPSA) is 121 Å². The summed E-state index contributed by atoms with van der Waals surface area (Å²) in [4.78, 5) is 44.6. The zero-order valence-electron chi connectivity index (χ0n) is 25.1. The molecule has 5 rings (SSSR count). The van der Waals surface area contributed by atoms with Gasteiger partial charge in [-0.15, -0.1) is 0 Å². The molecule has 0 unspecified atom stereocenters. The second-order valence-corrected chi connectivity index (χ2v) is 11.8. The summed E-state index contributed by atoms with van der Waals surface area (Å²) >= 11 is 0. The fraction of sp³-hybridized carbons (Fsp3) is 0.412. The van der Waals surface area contributed by atoms with Crippen molar-refractivity contribution >= 4 is 23.7 Å². The lowest BCUT2D eigenvalue weighted by atomic mass is 9.98. The minimum Gasteiger partial charge on any atom is -0.493 e. The molecule has 0 saturated carbocycles. The van der Waals surface area contributed by atoms with Gasteiger partial charge in [-0.1, -0.05) is 31.2 Å². The van der Waals surface area contributed by atoms with E-state index in [9.17, 15) is 14.4 Å². The Morgan fingerprint density at radius 2 is 1.57 bits per heavy atom. The number of amides is 2. The molecule has 10 heteroatoms. The Labute approximate surface area is 258 Å². The summed E-state index contributed by atoms with van der Waals surface area (Å²) in [6.45, 7) is 7.07. The summed E-state index contributed by atoms with van der Waals surface area (Å²) in [7, 11) is 0. The normalized spacial score (nSPS) is 16.3. The quantitative estimate of drug-likeness (QED) is 0.314. The molecule has 2 amide bonds. The molecule has 2 N–H and O–H groups in total. The van der Waals surface area contributed by atoms with E-state index < -0.39 is 12.1 Å². The highest BCUT2D eigenvalue weighted by Gasteiger charge is 2.25. The number of benzene rings is 2. The van der Waals surface area contributed by atoms with E-state index in [-0.39, 0.29) is 18.2 Å². The van der Waals surface area contributed by atoms with Crippen LogP contribution in [0.15, 0.2) is 66.9 Å². The van der Waals surface area contributed by atoms with E-state index in [0.717, 1.165) is 44.0 Å². The Bertz CT molecular complexity index is 1400. The summed E-state index contributed by atoms with van der Waals surface area (Å²) in [5.74, 6) is 0.874. The van der Waals surface area contributed by atoms with Crippen molar-refractivity contribution in [2.24, 2.45) is 11.8 Å². The number of aromatic nitrogens is 1. The molecular weight excluding hydrogens is 560 g/mol. The number of carbonyl (C=O) groups excluding carboxylic acids is 2. The number of carboxylic acid groups (broad SMARTS) is 1. The number of hydrogen-bond acceptors (Lipinski definition) is 7. The highest BCUT2D eigenvalue weighted by atomic mass is 16.6. The van der Waals surface area contributed by atoms with Gasteiger partial charge in [0.25, 0.3) is 5.91 Å². The molecule has 3 aromatic rings. The summed E-state index contributed by atoms with van der Waals surface area (Å²) in [6, 6.07) is 18.0. The zero-order valence-corrected chi connectivity index (χ0v) is 25.1. The van der Waals surface area contributed by atoms with Gasteiger partial charge in [-0.3, -0.25) is 14.5 Å². The Balaban J connectivity index is 1.02. The van der Waals surface area contributed by atoms with Crippen LogP contribution in [0.25, 0.3) is 0 Å². The average Bonchev–Trinajstić information content (AvgIpc) is 3.03. The summed E-state index contributed by atoms with van der Waals surface area (Å²) < 4.78 is 11.3. The number of carboxylic acids is 1. The highest BCUT2D eigenvalue weighted by molar-refractivity contribution is 6.04. The Hall–Kier alpha value is -4.44. The molecule has 44 heavy (non-hydrogen) atoms. The van der Waals surface area contributed by atoms with Crippen LogP contribution in [0, 0.1) is 11.8 Å². The Morgan fingerprint density at radius 3 is 2.20 bits per heavy atom. The van der Waals surface area contributed by atoms with Crippen LogP contribution in [-0.2, 0) is 17.8 Å². The highest BCUT2D eigenvalue weighted by Crippen LogP contribution is 2.22. The number of carbonyl (C=O) groups is 3. The molecule has 2 fully saturated rings. The zero-order chi connectivity index (χ0) is 30.9. The Morgan fingerprint density at radius 1 is 0.886 bits per heavy atom. The van der Waals surface area contributed by atoms with Gasteiger partial charge in [0.2, 0.25) is 5.88 Å². The number of nitrogens with zero attached hydrogens (tertiary/aromatic N) is 3. The SMILES string of the molecule is CC1CCN(Cc2ccc(C(=O)Nc3ccc(OC(=O)N4CCC(COc5ccc(CC(=O)O)cc5)CC4)nc3)cc2)CC1. The molecule has 232 valence electrons. The van der Waals surface area contributed by atoms with Gasteiger partial charge in [0, 0.05) is 31.3 Å². The molecule has 0 spiro atoms. The van der Waals surface area contributed by atoms with Crippen molar-refractivity contribution in [2.75, 3.05) is 38.1 Å². The number of rotatable bonds is 10. The van der Waals surface area contributed by atoms with Crippen molar-refractivity contribution in [2.45, 2.75) is 45.6 Å². The largest absolute Gasteiger partial charge is 0.493 e. The molecule has 0 radical (unpaired) electrons. The van der Waals surface area contributed by atoms with Gasteiger partial charge < -0.3 is 24.8 Å². The van der Waals surface area contributed by atoms with Gasteiger partial charge in [-0.05, 0) is 92.1 Å². The van der Waals surface area contributed by atoms with Crippen molar-refractivity contribution in [1.82, 2.24) is 14.8 Å². The molecule has 2 aliphatic rings. The monoisotopic (exact) mass is 600 g/mol. The molecule has 0 atom stereocenters. The minimum absolute atomic E-state index is 0.0151. The van der Waals surface area contributed by atoms with E-state index in [1.54, 1.807) is 41.3 Å². The number of ether oxygens (including phenoxy) is 2. The lowest BCUT2D eigenvalue weighted by molar-refractivity contribution is -0.136. The van der Waals surface area contributed by atoms with Crippen LogP contribution >= 0.6 is 0 Å². The van der Waals surface area contributed by atoms with E-state index >= 15 is 0 Å². The lowest BCUT2D eigenvalue weighted by Crippen LogP contribution is -2.41. The third-order valence-electron chi connectivity index (χ3n) is 8.32. The fourth-order valence-corrected chi connectivity index (χ4v) is 5.49. The Kier molecular flexibility index (Phi) is 10.5. The first-order valence-corrected chi connectivity index (χ1v) is 15.3. The van der Waals surface area contributed by atoms with Crippen molar-refractivity contribution in [3.8, 4) is 11.6 Å². The molecule has 1 aromatic heterocycles. The van der Waals surface area contributed by atoms with E-state index in [1.807, 2.05) is 24.3 Å². The lowest BCUT2D eigenvalue weighted by Gasteiger charge is -2.31. The smallest absolute Gasteiger partial charge is 0.416 e. The number of pyridine rings is 1. The minimum atomic E-state index is -0.865. The molecule has 3 heterocycles. The maximum atomic E-state index is 12.8. The second-order valence-electron chi connectivity index (χ2n) is 11.8. The number of anilines is 1. The molecular formula is C34H40N4O6. The predicted molar refractivity (Wildman–Crippen MR) is 166 cm³/mol. The van der Waals surface area contributed by atoms with Gasteiger partial charge in [0.05, 0.1) is 24.9 Å². The van der Waals surface area contributed by atoms with Gasteiger partial charge in [0.1, 0.15) is 5.75 Å². The van der Waals surface area contributed by atoms with Crippen molar-refractivity contribution in [1.29, 1.82) is 0 Å². The summed E-state index contributed by atoms with van der Waals surface area (Å²) in [6.07, 6.45) is 5.04. The van der Waals surface area contributed by atoms with Crippen molar-refractivity contribution in [3.05, 3.63) is 83.6 Å². The predicted octanol–water partition coefficient (Wildman–Crippen LogP) is 5.48. The molecule has 2 aromatic carbocycles. The first-order chi connectivity index (χ1) is 21.3. The number of likely N-dealkylation sites (tertiary alicyclic amines) is 2. The number of nitrogens with one attached hydrogen (secondary N) is 1. The number of hydrogen-bond donors (Lipinski definition) is 2. The molecule has 0 bridgehead atoms. The van der Waals surface area contributed by atoms with E-state index in [0.29, 0.717) is 42.6 Å². The standard InChI is InChI=1S/C34H40N4O6/c1-24-12-16-37(17-13-24)22-26-2-6-28(7-3-26)33(41)36-29-8-11-31(35-21-29)44-34(42)38-18-14-27(15-19-38)23-43-30-9-4-25(5-10-30)20-32(39)40/h2-11,21,24,27H,12-20,22-23H2,1H3,(H,36,41)(H,39,40). The maximum absolute atomic E-state index is 12.8. The molecule has 10 nitrogen and oxygen atoms in total. The molecule has 2 saturated heterocycles. The second kappa shape index (κ2) is 14.8. The van der Waals surface area contributed by atoms with E-state index in [1.165, 1.54) is 24.6 Å². The van der Waals surface area contributed by atoms with Gasteiger partial charge in [-0.2, -0.15) is 0 Å². The first-order valence-electron chi connectivity index (χ1n) is 15.3. The third-order valence-corrected chi connectivity index (χ3v) is 8.32. The van der Waals surface area contributed by atoms with Crippen LogP contribution < -0.4 is 14.8 Å².